The van der Waals surface area contributed by atoms with Gasteiger partial charge in [-0.2, -0.15) is 0 Å². The minimum atomic E-state index is -0.447. The first-order valence-corrected chi connectivity index (χ1v) is 4.29. The molecule has 0 radical (unpaired) electrons. The summed E-state index contributed by atoms with van der Waals surface area (Å²) in [5.74, 6) is -0.0797. The Kier molecular flexibility index (Phi) is 2.49. The number of aromatic nitrogens is 3. The summed E-state index contributed by atoms with van der Waals surface area (Å²) in [5.41, 5.74) is 0.671. The van der Waals surface area contributed by atoms with Crippen molar-refractivity contribution in [1.82, 2.24) is 15.0 Å². The minimum absolute atomic E-state index is 0.159. The van der Waals surface area contributed by atoms with E-state index in [1.165, 1.54) is 13.4 Å². The lowest BCUT2D eigenvalue weighted by atomic mass is 10.4. The lowest BCUT2D eigenvalue weighted by Gasteiger charge is -2.03. The number of nitrogens with one attached hydrogen (secondary N) is 1. The SMILES string of the molecule is COC(=O)COc1ncnc2[nH]ccc12. The van der Waals surface area contributed by atoms with Crippen LogP contribution in [-0.2, 0) is 9.53 Å². The molecule has 6 heteroatoms. The molecule has 0 amide bonds. The second-order valence-corrected chi connectivity index (χ2v) is 2.78. The molecule has 0 aliphatic carbocycles. The number of rotatable bonds is 3. The van der Waals surface area contributed by atoms with Crippen molar-refractivity contribution < 1.29 is 14.3 Å². The van der Waals surface area contributed by atoms with E-state index in [1.54, 1.807) is 12.3 Å². The van der Waals surface area contributed by atoms with E-state index < -0.39 is 5.97 Å². The maximum absolute atomic E-state index is 10.9. The van der Waals surface area contributed by atoms with Crippen LogP contribution in [0.1, 0.15) is 0 Å². The largest absolute Gasteiger partial charge is 0.466 e. The smallest absolute Gasteiger partial charge is 0.343 e. The zero-order valence-corrected chi connectivity index (χ0v) is 8.06. The Hall–Kier alpha value is -2.11. The molecule has 2 aromatic rings. The monoisotopic (exact) mass is 207 g/mol. The van der Waals surface area contributed by atoms with E-state index >= 15 is 0 Å². The molecule has 0 bridgehead atoms. The first-order valence-electron chi connectivity index (χ1n) is 4.29. The van der Waals surface area contributed by atoms with Crippen molar-refractivity contribution in [2.45, 2.75) is 0 Å². The summed E-state index contributed by atoms with van der Waals surface area (Å²) in [5, 5.41) is 0.737. The summed E-state index contributed by atoms with van der Waals surface area (Å²) in [6.45, 7) is -0.159. The first-order chi connectivity index (χ1) is 7.31. The molecule has 0 saturated carbocycles. The summed E-state index contributed by atoms with van der Waals surface area (Å²) in [7, 11) is 1.30. The molecule has 15 heavy (non-hydrogen) atoms. The predicted molar refractivity (Wildman–Crippen MR) is 51.4 cm³/mol. The average Bonchev–Trinajstić information content (AvgIpc) is 2.74. The molecule has 0 atom stereocenters. The minimum Gasteiger partial charge on any atom is -0.466 e. The van der Waals surface area contributed by atoms with Crippen LogP contribution in [0.25, 0.3) is 11.0 Å². The third kappa shape index (κ3) is 1.88. The Morgan fingerprint density at radius 1 is 1.53 bits per heavy atom. The van der Waals surface area contributed by atoms with Gasteiger partial charge in [-0.3, -0.25) is 0 Å². The lowest BCUT2D eigenvalue weighted by Crippen LogP contribution is -2.13. The summed E-state index contributed by atoms with van der Waals surface area (Å²) >= 11 is 0. The number of carbonyl (C=O) groups is 1. The number of aromatic amines is 1. The highest BCUT2D eigenvalue weighted by Gasteiger charge is 2.07. The number of fused-ring (bicyclic) bond motifs is 1. The van der Waals surface area contributed by atoms with Crippen LogP contribution < -0.4 is 4.74 Å². The van der Waals surface area contributed by atoms with Crippen LogP contribution in [0.15, 0.2) is 18.6 Å². The fraction of sp³-hybridized carbons (Fsp3) is 0.222. The van der Waals surface area contributed by atoms with Crippen LogP contribution in [0.3, 0.4) is 0 Å². The fourth-order valence-electron chi connectivity index (χ4n) is 1.15. The van der Waals surface area contributed by atoms with Crippen LogP contribution in [-0.4, -0.2) is 34.6 Å². The van der Waals surface area contributed by atoms with Gasteiger partial charge in [-0.25, -0.2) is 14.8 Å². The lowest BCUT2D eigenvalue weighted by molar-refractivity contribution is -0.142. The van der Waals surface area contributed by atoms with Crippen molar-refractivity contribution >= 4 is 17.0 Å². The summed E-state index contributed by atoms with van der Waals surface area (Å²) in [6.07, 6.45) is 3.09. The van der Waals surface area contributed by atoms with E-state index in [0.29, 0.717) is 11.5 Å². The average molecular weight is 207 g/mol. The van der Waals surface area contributed by atoms with Crippen molar-refractivity contribution in [3.8, 4) is 5.88 Å². The topological polar surface area (TPSA) is 77.1 Å². The molecule has 1 N–H and O–H groups in total. The molecular formula is C9H9N3O3. The van der Waals surface area contributed by atoms with Gasteiger partial charge in [-0.1, -0.05) is 0 Å². The quantitative estimate of drug-likeness (QED) is 0.742. The standard InChI is InChI=1S/C9H9N3O3/c1-14-7(13)4-15-9-6-2-3-10-8(6)11-5-12-9/h2-3,5H,4H2,1H3,(H,10,11,12). The van der Waals surface area contributed by atoms with Gasteiger partial charge in [-0.05, 0) is 6.07 Å². The van der Waals surface area contributed by atoms with Crippen molar-refractivity contribution in [1.29, 1.82) is 0 Å². The van der Waals surface area contributed by atoms with Crippen molar-refractivity contribution in [3.05, 3.63) is 18.6 Å². The molecule has 78 valence electrons. The van der Waals surface area contributed by atoms with E-state index in [0.717, 1.165) is 5.39 Å². The van der Waals surface area contributed by atoms with Crippen molar-refractivity contribution in [3.63, 3.8) is 0 Å². The predicted octanol–water partition coefficient (Wildman–Crippen LogP) is 0.510. The van der Waals surface area contributed by atoms with Gasteiger partial charge >= 0.3 is 5.97 Å². The molecule has 0 saturated heterocycles. The maximum Gasteiger partial charge on any atom is 0.343 e. The second-order valence-electron chi connectivity index (χ2n) is 2.78. The number of nitrogens with zero attached hydrogens (tertiary/aromatic N) is 2. The van der Waals surface area contributed by atoms with Crippen LogP contribution in [0.2, 0.25) is 0 Å². The van der Waals surface area contributed by atoms with Crippen LogP contribution in [0.4, 0.5) is 0 Å². The Morgan fingerprint density at radius 3 is 3.20 bits per heavy atom. The molecular weight excluding hydrogens is 198 g/mol. The number of hydrogen-bond acceptors (Lipinski definition) is 5. The van der Waals surface area contributed by atoms with Gasteiger partial charge in [0.2, 0.25) is 5.88 Å². The molecule has 0 unspecified atom stereocenters. The van der Waals surface area contributed by atoms with Crippen molar-refractivity contribution in [2.75, 3.05) is 13.7 Å². The zero-order chi connectivity index (χ0) is 10.7. The molecule has 2 heterocycles. The van der Waals surface area contributed by atoms with Gasteiger partial charge in [-0.15, -0.1) is 0 Å². The van der Waals surface area contributed by atoms with Gasteiger partial charge < -0.3 is 14.5 Å². The molecule has 0 spiro atoms. The number of esters is 1. The van der Waals surface area contributed by atoms with Crippen molar-refractivity contribution in [2.24, 2.45) is 0 Å². The van der Waals surface area contributed by atoms with Gasteiger partial charge in [0.1, 0.15) is 12.0 Å². The molecule has 2 rings (SSSR count). The van der Waals surface area contributed by atoms with E-state index in [1.807, 2.05) is 0 Å². The first kappa shape index (κ1) is 9.45. The number of carbonyl (C=O) groups excluding carboxylic acids is 1. The Morgan fingerprint density at radius 2 is 2.40 bits per heavy atom. The van der Waals surface area contributed by atoms with E-state index in [2.05, 4.69) is 19.7 Å². The second kappa shape index (κ2) is 3.95. The van der Waals surface area contributed by atoms with Gasteiger partial charge in [0.15, 0.2) is 6.61 Å². The van der Waals surface area contributed by atoms with Gasteiger partial charge in [0.05, 0.1) is 12.5 Å². The highest BCUT2D eigenvalue weighted by molar-refractivity contribution is 5.81. The Balaban J connectivity index is 2.20. The van der Waals surface area contributed by atoms with E-state index in [4.69, 9.17) is 4.74 Å². The van der Waals surface area contributed by atoms with Gasteiger partial charge in [0.25, 0.3) is 0 Å². The van der Waals surface area contributed by atoms with Crippen LogP contribution >= 0.6 is 0 Å². The molecule has 0 aromatic carbocycles. The highest BCUT2D eigenvalue weighted by atomic mass is 16.6. The summed E-state index contributed by atoms with van der Waals surface area (Å²) in [4.78, 5) is 21.7. The van der Waals surface area contributed by atoms with Gasteiger partial charge in [0, 0.05) is 6.20 Å². The summed E-state index contributed by atoms with van der Waals surface area (Å²) in [6, 6.07) is 1.78. The molecule has 0 aliphatic rings. The Bertz CT molecular complexity index is 480. The number of methoxy groups -OCH3 is 1. The summed E-state index contributed by atoms with van der Waals surface area (Å²) < 4.78 is 9.63. The number of H-pyrrole nitrogens is 1. The fourth-order valence-corrected chi connectivity index (χ4v) is 1.15. The molecule has 0 aliphatic heterocycles. The van der Waals surface area contributed by atoms with Crippen LogP contribution in [0.5, 0.6) is 5.88 Å². The normalized spacial score (nSPS) is 10.2. The maximum atomic E-state index is 10.9. The molecule has 0 fully saturated rings. The highest BCUT2D eigenvalue weighted by Crippen LogP contribution is 2.19. The third-order valence-corrected chi connectivity index (χ3v) is 1.87. The third-order valence-electron chi connectivity index (χ3n) is 1.87. The Labute approximate surface area is 85.2 Å². The zero-order valence-electron chi connectivity index (χ0n) is 8.06. The number of ether oxygens (including phenoxy) is 2. The number of hydrogen-bond donors (Lipinski definition) is 1. The van der Waals surface area contributed by atoms with E-state index in [-0.39, 0.29) is 6.61 Å². The molecule has 2 aromatic heterocycles. The molecule has 6 nitrogen and oxygen atoms in total. The van der Waals surface area contributed by atoms with E-state index in [9.17, 15) is 4.79 Å². The van der Waals surface area contributed by atoms with Crippen LogP contribution in [0, 0.1) is 0 Å².